The van der Waals surface area contributed by atoms with Crippen LogP contribution < -0.4 is 5.32 Å². The molecule has 0 spiro atoms. The SMILES string of the molecule is CC(C)(CCl)C(=O)Nc1ccc(O)c(Cl)c1Cl. The number of hydrogen-bond acceptors (Lipinski definition) is 2. The molecule has 0 aliphatic rings. The highest BCUT2D eigenvalue weighted by atomic mass is 35.5. The first-order valence-corrected chi connectivity index (χ1v) is 6.13. The van der Waals surface area contributed by atoms with E-state index in [-0.39, 0.29) is 27.6 Å². The van der Waals surface area contributed by atoms with Crippen molar-refractivity contribution in [3.05, 3.63) is 22.2 Å². The van der Waals surface area contributed by atoms with Crippen LogP contribution in [0.25, 0.3) is 0 Å². The first-order chi connectivity index (χ1) is 7.79. The number of carbonyl (C=O) groups excluding carboxylic acids is 1. The molecular formula is C11H12Cl3NO2. The van der Waals surface area contributed by atoms with Gasteiger partial charge in [-0.25, -0.2) is 0 Å². The lowest BCUT2D eigenvalue weighted by molar-refractivity contribution is -0.122. The zero-order valence-corrected chi connectivity index (χ0v) is 11.6. The van der Waals surface area contributed by atoms with Crippen LogP contribution in [0, 0.1) is 5.41 Å². The van der Waals surface area contributed by atoms with Gasteiger partial charge in [0.15, 0.2) is 0 Å². The van der Waals surface area contributed by atoms with Crippen LogP contribution in [0.1, 0.15) is 13.8 Å². The second-order valence-electron chi connectivity index (χ2n) is 4.23. The van der Waals surface area contributed by atoms with Crippen molar-refractivity contribution in [1.82, 2.24) is 0 Å². The predicted octanol–water partition coefficient (Wildman–Crippen LogP) is 3.90. The fourth-order valence-corrected chi connectivity index (χ4v) is 1.48. The number of phenols is 1. The van der Waals surface area contributed by atoms with E-state index >= 15 is 0 Å². The van der Waals surface area contributed by atoms with Gasteiger partial charge in [0.1, 0.15) is 10.8 Å². The molecule has 0 fully saturated rings. The normalized spacial score (nSPS) is 11.4. The van der Waals surface area contributed by atoms with Crippen LogP contribution in [0.15, 0.2) is 12.1 Å². The number of carbonyl (C=O) groups is 1. The third-order valence-corrected chi connectivity index (χ3v) is 3.80. The Balaban J connectivity index is 2.98. The van der Waals surface area contributed by atoms with E-state index in [9.17, 15) is 9.90 Å². The number of benzene rings is 1. The summed E-state index contributed by atoms with van der Waals surface area (Å²) in [5.41, 5.74) is -0.368. The zero-order valence-electron chi connectivity index (χ0n) is 9.35. The third kappa shape index (κ3) is 3.18. The van der Waals surface area contributed by atoms with Gasteiger partial charge in [-0.05, 0) is 26.0 Å². The predicted molar refractivity (Wildman–Crippen MR) is 71.3 cm³/mol. The summed E-state index contributed by atoms with van der Waals surface area (Å²) in [4.78, 5) is 11.9. The lowest BCUT2D eigenvalue weighted by atomic mass is 9.95. The maximum Gasteiger partial charge on any atom is 0.231 e. The molecule has 1 amide bonds. The van der Waals surface area contributed by atoms with Gasteiger partial charge in [0, 0.05) is 5.88 Å². The number of halogens is 3. The number of rotatable bonds is 3. The van der Waals surface area contributed by atoms with Crippen LogP contribution >= 0.6 is 34.8 Å². The topological polar surface area (TPSA) is 49.3 Å². The van der Waals surface area contributed by atoms with E-state index < -0.39 is 5.41 Å². The summed E-state index contributed by atoms with van der Waals surface area (Å²) in [7, 11) is 0. The molecule has 3 nitrogen and oxygen atoms in total. The minimum Gasteiger partial charge on any atom is -0.506 e. The molecule has 1 aromatic carbocycles. The van der Waals surface area contributed by atoms with Crippen LogP contribution in [0.4, 0.5) is 5.69 Å². The number of phenolic OH excluding ortho intramolecular Hbond substituents is 1. The summed E-state index contributed by atoms with van der Waals surface area (Å²) >= 11 is 17.3. The molecule has 0 aliphatic heterocycles. The van der Waals surface area contributed by atoms with Gasteiger partial charge in [0.2, 0.25) is 5.91 Å². The Morgan fingerprint density at radius 3 is 2.47 bits per heavy atom. The summed E-state index contributed by atoms with van der Waals surface area (Å²) in [5.74, 6) is -0.218. The third-order valence-electron chi connectivity index (χ3n) is 2.26. The Labute approximate surface area is 115 Å². The summed E-state index contributed by atoms with van der Waals surface area (Å²) in [6.45, 7) is 3.43. The van der Waals surface area contributed by atoms with Gasteiger partial charge in [0.25, 0.3) is 0 Å². The Hall–Kier alpha value is -0.640. The van der Waals surface area contributed by atoms with Crippen molar-refractivity contribution in [1.29, 1.82) is 0 Å². The molecule has 0 aliphatic carbocycles. The number of hydrogen-bond donors (Lipinski definition) is 2. The highest BCUT2D eigenvalue weighted by Crippen LogP contribution is 2.37. The highest BCUT2D eigenvalue weighted by Gasteiger charge is 2.27. The summed E-state index contributed by atoms with van der Waals surface area (Å²) < 4.78 is 0. The van der Waals surface area contributed by atoms with Gasteiger partial charge in [-0.15, -0.1) is 11.6 Å². The molecule has 0 bridgehead atoms. The van der Waals surface area contributed by atoms with Gasteiger partial charge in [-0.3, -0.25) is 4.79 Å². The van der Waals surface area contributed by atoms with E-state index in [4.69, 9.17) is 34.8 Å². The Bertz CT molecular complexity index is 447. The molecule has 94 valence electrons. The quantitative estimate of drug-likeness (QED) is 0.656. The second kappa shape index (κ2) is 5.34. The molecule has 6 heteroatoms. The van der Waals surface area contributed by atoms with Crippen molar-refractivity contribution in [2.24, 2.45) is 5.41 Å². The maximum absolute atomic E-state index is 11.9. The summed E-state index contributed by atoms with van der Waals surface area (Å²) in [6.07, 6.45) is 0. The van der Waals surface area contributed by atoms with Gasteiger partial charge >= 0.3 is 0 Å². The van der Waals surface area contributed by atoms with Crippen molar-refractivity contribution in [2.45, 2.75) is 13.8 Å². The monoisotopic (exact) mass is 295 g/mol. The molecule has 0 radical (unpaired) electrons. The molecule has 17 heavy (non-hydrogen) atoms. The van der Waals surface area contributed by atoms with Crippen LogP contribution in [-0.4, -0.2) is 16.9 Å². The molecule has 1 aromatic rings. The number of alkyl halides is 1. The molecular weight excluding hydrogens is 284 g/mol. The Kier molecular flexibility index (Phi) is 4.53. The second-order valence-corrected chi connectivity index (χ2v) is 5.26. The Morgan fingerprint density at radius 1 is 1.35 bits per heavy atom. The molecule has 0 aromatic heterocycles. The van der Waals surface area contributed by atoms with Crippen molar-refractivity contribution < 1.29 is 9.90 Å². The largest absolute Gasteiger partial charge is 0.506 e. The molecule has 0 saturated carbocycles. The molecule has 0 heterocycles. The van der Waals surface area contributed by atoms with E-state index in [0.29, 0.717) is 5.69 Å². The Morgan fingerprint density at radius 2 is 1.94 bits per heavy atom. The lowest BCUT2D eigenvalue weighted by Crippen LogP contribution is -2.32. The van der Waals surface area contributed by atoms with Gasteiger partial charge in [-0.2, -0.15) is 0 Å². The van der Waals surface area contributed by atoms with E-state index in [2.05, 4.69) is 5.32 Å². The van der Waals surface area contributed by atoms with Crippen LogP contribution in [0.5, 0.6) is 5.75 Å². The van der Waals surface area contributed by atoms with Crippen LogP contribution in [0.3, 0.4) is 0 Å². The lowest BCUT2D eigenvalue weighted by Gasteiger charge is -2.21. The number of aromatic hydroxyl groups is 1. The fourth-order valence-electron chi connectivity index (χ4n) is 0.988. The fraction of sp³-hybridized carbons (Fsp3) is 0.364. The van der Waals surface area contributed by atoms with E-state index in [0.717, 1.165) is 0 Å². The van der Waals surface area contributed by atoms with Crippen molar-refractivity contribution in [3.63, 3.8) is 0 Å². The summed E-state index contributed by atoms with van der Waals surface area (Å²) in [6, 6.07) is 2.84. The molecule has 0 unspecified atom stereocenters. The molecule has 1 rings (SSSR count). The first-order valence-electron chi connectivity index (χ1n) is 4.84. The van der Waals surface area contributed by atoms with E-state index in [1.54, 1.807) is 13.8 Å². The average Bonchev–Trinajstić information content (AvgIpc) is 2.29. The highest BCUT2D eigenvalue weighted by molar-refractivity contribution is 6.44. The van der Waals surface area contributed by atoms with Gasteiger partial charge in [0.05, 0.1) is 16.1 Å². The standard InChI is InChI=1S/C11H12Cl3NO2/c1-11(2,5-12)10(17)15-6-3-4-7(16)9(14)8(6)13/h3-4,16H,5H2,1-2H3,(H,15,17). The van der Waals surface area contributed by atoms with Crippen molar-refractivity contribution in [2.75, 3.05) is 11.2 Å². The number of nitrogens with one attached hydrogen (secondary N) is 1. The molecule has 0 saturated heterocycles. The van der Waals surface area contributed by atoms with Crippen LogP contribution in [-0.2, 0) is 4.79 Å². The molecule has 0 atom stereocenters. The smallest absolute Gasteiger partial charge is 0.231 e. The van der Waals surface area contributed by atoms with Gasteiger partial charge in [-0.1, -0.05) is 23.2 Å². The minimum absolute atomic E-state index is 0.00754. The minimum atomic E-state index is -0.713. The first kappa shape index (κ1) is 14.4. The number of anilines is 1. The maximum atomic E-state index is 11.9. The van der Waals surface area contributed by atoms with E-state index in [1.807, 2.05) is 0 Å². The summed E-state index contributed by atoms with van der Waals surface area (Å²) in [5, 5.41) is 12.0. The average molecular weight is 297 g/mol. The number of amides is 1. The van der Waals surface area contributed by atoms with Crippen LogP contribution in [0.2, 0.25) is 10.0 Å². The molecule has 2 N–H and O–H groups in total. The van der Waals surface area contributed by atoms with Crippen molar-refractivity contribution >= 4 is 46.4 Å². The van der Waals surface area contributed by atoms with Gasteiger partial charge < -0.3 is 10.4 Å². The van der Waals surface area contributed by atoms with E-state index in [1.165, 1.54) is 12.1 Å². The zero-order chi connectivity index (χ0) is 13.2. The van der Waals surface area contributed by atoms with Crippen molar-refractivity contribution in [3.8, 4) is 5.75 Å².